The van der Waals surface area contributed by atoms with Gasteiger partial charge in [-0.25, -0.2) is 0 Å². The van der Waals surface area contributed by atoms with Crippen LogP contribution in [-0.2, 0) is 16.0 Å². The highest BCUT2D eigenvalue weighted by molar-refractivity contribution is 5.92. The molecular weight excluding hydrogens is 466 g/mol. The standard InChI is InChI=1S/C29H35N5O3/c1-37-24-16-14-21(15-17-24)18-20-34(25(27(30)35)13-8-19-33-29(31)32)28(36)26(22-9-4-2-5-10-22)23-11-6-3-7-12-23/h2-7,9-12,14-17,25-26H,8,13,18-20H2,1H3,(H2,30,35)(H4,31,32,33)/t25-/m1/s1. The minimum atomic E-state index is -0.810. The van der Waals surface area contributed by atoms with Gasteiger partial charge in [-0.3, -0.25) is 14.6 Å². The summed E-state index contributed by atoms with van der Waals surface area (Å²) < 4.78 is 5.25. The topological polar surface area (TPSA) is 137 Å². The maximum atomic E-state index is 14.3. The molecule has 8 nitrogen and oxygen atoms in total. The Morgan fingerprint density at radius 3 is 1.92 bits per heavy atom. The number of hydrogen-bond donors (Lipinski definition) is 3. The molecule has 0 saturated heterocycles. The van der Waals surface area contributed by atoms with Crippen molar-refractivity contribution in [2.45, 2.75) is 31.2 Å². The van der Waals surface area contributed by atoms with Crippen LogP contribution < -0.4 is 21.9 Å². The van der Waals surface area contributed by atoms with Gasteiger partial charge in [0.25, 0.3) is 0 Å². The molecule has 3 aromatic carbocycles. The van der Waals surface area contributed by atoms with Crippen LogP contribution in [0.2, 0.25) is 0 Å². The summed E-state index contributed by atoms with van der Waals surface area (Å²) >= 11 is 0. The van der Waals surface area contributed by atoms with Crippen molar-refractivity contribution in [1.82, 2.24) is 4.90 Å². The van der Waals surface area contributed by atoms with E-state index in [1.807, 2.05) is 84.9 Å². The maximum Gasteiger partial charge on any atom is 0.240 e. The Labute approximate surface area is 218 Å². The van der Waals surface area contributed by atoms with Crippen molar-refractivity contribution >= 4 is 17.8 Å². The van der Waals surface area contributed by atoms with E-state index in [0.29, 0.717) is 32.4 Å². The van der Waals surface area contributed by atoms with Crippen molar-refractivity contribution < 1.29 is 14.3 Å². The number of carbonyl (C=O) groups is 2. The van der Waals surface area contributed by atoms with E-state index < -0.39 is 17.9 Å². The number of nitrogens with zero attached hydrogens (tertiary/aromatic N) is 2. The second kappa shape index (κ2) is 13.7. The number of amides is 2. The number of guanidine groups is 1. The summed E-state index contributed by atoms with van der Waals surface area (Å²) in [6.45, 7) is 0.657. The van der Waals surface area contributed by atoms with Crippen LogP contribution in [0, 0.1) is 0 Å². The van der Waals surface area contributed by atoms with E-state index >= 15 is 0 Å². The molecule has 37 heavy (non-hydrogen) atoms. The quantitative estimate of drug-likeness (QED) is 0.188. The molecule has 3 aromatic rings. The number of aliphatic imine (C=N–C) groups is 1. The first-order valence-electron chi connectivity index (χ1n) is 12.3. The van der Waals surface area contributed by atoms with Crippen molar-refractivity contribution in [3.8, 4) is 5.75 Å². The normalized spacial score (nSPS) is 11.5. The highest BCUT2D eigenvalue weighted by Gasteiger charge is 2.34. The molecule has 0 bridgehead atoms. The van der Waals surface area contributed by atoms with E-state index in [2.05, 4.69) is 4.99 Å². The molecule has 0 aliphatic carbocycles. The second-order valence-corrected chi connectivity index (χ2v) is 8.75. The van der Waals surface area contributed by atoms with E-state index in [4.69, 9.17) is 21.9 Å². The number of methoxy groups -OCH3 is 1. The van der Waals surface area contributed by atoms with E-state index in [9.17, 15) is 9.59 Å². The van der Waals surface area contributed by atoms with Crippen LogP contribution in [0.1, 0.15) is 35.4 Å². The Balaban J connectivity index is 1.95. The van der Waals surface area contributed by atoms with Gasteiger partial charge in [-0.1, -0.05) is 72.8 Å². The van der Waals surface area contributed by atoms with Gasteiger partial charge in [-0.2, -0.15) is 0 Å². The third-order valence-electron chi connectivity index (χ3n) is 6.23. The van der Waals surface area contributed by atoms with Gasteiger partial charge in [-0.05, 0) is 48.1 Å². The van der Waals surface area contributed by atoms with Gasteiger partial charge in [0.05, 0.1) is 13.0 Å². The number of carbonyl (C=O) groups excluding carboxylic acids is 2. The average molecular weight is 502 g/mol. The molecule has 0 radical (unpaired) electrons. The van der Waals surface area contributed by atoms with Crippen LogP contribution in [0.3, 0.4) is 0 Å². The number of benzene rings is 3. The molecule has 0 saturated carbocycles. The lowest BCUT2D eigenvalue weighted by Gasteiger charge is -2.33. The van der Waals surface area contributed by atoms with Crippen molar-refractivity contribution in [1.29, 1.82) is 0 Å². The molecular formula is C29H35N5O3. The van der Waals surface area contributed by atoms with Crippen molar-refractivity contribution in [2.24, 2.45) is 22.2 Å². The second-order valence-electron chi connectivity index (χ2n) is 8.75. The zero-order valence-corrected chi connectivity index (χ0v) is 21.1. The minimum Gasteiger partial charge on any atom is -0.497 e. The highest BCUT2D eigenvalue weighted by Crippen LogP contribution is 2.28. The molecule has 0 unspecified atom stereocenters. The summed E-state index contributed by atoms with van der Waals surface area (Å²) in [6, 6.07) is 26.0. The van der Waals surface area contributed by atoms with Gasteiger partial charge >= 0.3 is 0 Å². The Bertz CT molecular complexity index is 1120. The highest BCUT2D eigenvalue weighted by atomic mass is 16.5. The Morgan fingerprint density at radius 1 is 0.865 bits per heavy atom. The molecule has 2 amide bonds. The van der Waals surface area contributed by atoms with Gasteiger partial charge in [0.2, 0.25) is 11.8 Å². The van der Waals surface area contributed by atoms with E-state index in [1.54, 1.807) is 12.0 Å². The summed E-state index contributed by atoms with van der Waals surface area (Å²) in [5, 5.41) is 0. The molecule has 0 spiro atoms. The molecule has 0 aliphatic rings. The molecule has 3 rings (SSSR count). The Kier molecular flexibility index (Phi) is 10.1. The minimum absolute atomic E-state index is 0.0173. The smallest absolute Gasteiger partial charge is 0.240 e. The third kappa shape index (κ3) is 7.83. The zero-order chi connectivity index (χ0) is 26.6. The molecule has 0 heterocycles. The number of hydrogen-bond acceptors (Lipinski definition) is 4. The fraction of sp³-hybridized carbons (Fsp3) is 0.276. The fourth-order valence-electron chi connectivity index (χ4n) is 4.34. The van der Waals surface area contributed by atoms with Gasteiger partial charge in [0, 0.05) is 13.1 Å². The summed E-state index contributed by atoms with van der Waals surface area (Å²) in [6.07, 6.45) is 1.39. The lowest BCUT2D eigenvalue weighted by molar-refractivity contribution is -0.140. The largest absolute Gasteiger partial charge is 0.497 e. The Hall–Kier alpha value is -4.33. The third-order valence-corrected chi connectivity index (χ3v) is 6.23. The predicted octanol–water partition coefficient (Wildman–Crippen LogP) is 2.81. The van der Waals surface area contributed by atoms with Crippen LogP contribution in [0.25, 0.3) is 0 Å². The van der Waals surface area contributed by atoms with Gasteiger partial charge in [-0.15, -0.1) is 0 Å². The lowest BCUT2D eigenvalue weighted by atomic mass is 9.89. The first-order chi connectivity index (χ1) is 17.9. The Morgan fingerprint density at radius 2 is 1.43 bits per heavy atom. The summed E-state index contributed by atoms with van der Waals surface area (Å²) in [5.41, 5.74) is 19.5. The zero-order valence-electron chi connectivity index (χ0n) is 21.1. The van der Waals surface area contributed by atoms with E-state index in [0.717, 1.165) is 22.4 Å². The van der Waals surface area contributed by atoms with Crippen LogP contribution in [0.15, 0.2) is 89.9 Å². The fourth-order valence-corrected chi connectivity index (χ4v) is 4.34. The molecule has 0 aliphatic heterocycles. The van der Waals surface area contributed by atoms with Gasteiger partial charge in [0.15, 0.2) is 5.96 Å². The van der Waals surface area contributed by atoms with Crippen LogP contribution in [0.4, 0.5) is 0 Å². The molecule has 0 fully saturated rings. The molecule has 0 aromatic heterocycles. The average Bonchev–Trinajstić information content (AvgIpc) is 2.91. The molecule has 1 atom stereocenters. The number of rotatable bonds is 13. The predicted molar refractivity (Wildman–Crippen MR) is 146 cm³/mol. The first-order valence-corrected chi connectivity index (χ1v) is 12.3. The molecule has 8 heteroatoms. The van der Waals surface area contributed by atoms with E-state index in [-0.39, 0.29) is 11.9 Å². The van der Waals surface area contributed by atoms with Crippen LogP contribution in [-0.4, -0.2) is 48.9 Å². The van der Waals surface area contributed by atoms with Crippen LogP contribution >= 0.6 is 0 Å². The maximum absolute atomic E-state index is 14.3. The molecule has 6 N–H and O–H groups in total. The number of nitrogens with two attached hydrogens (primary N) is 3. The van der Waals surface area contributed by atoms with Crippen LogP contribution in [0.5, 0.6) is 5.75 Å². The van der Waals surface area contributed by atoms with Crippen molar-refractivity contribution in [3.63, 3.8) is 0 Å². The number of primary amides is 1. The SMILES string of the molecule is COc1ccc(CCN(C(=O)C(c2ccccc2)c2ccccc2)[C@H](CCCN=C(N)N)C(N)=O)cc1. The van der Waals surface area contributed by atoms with Gasteiger partial charge in [0.1, 0.15) is 11.8 Å². The number of ether oxygens (including phenoxy) is 1. The summed E-state index contributed by atoms with van der Waals surface area (Å²) in [5.74, 6) is -0.599. The van der Waals surface area contributed by atoms with E-state index in [1.165, 1.54) is 0 Å². The monoisotopic (exact) mass is 501 g/mol. The first kappa shape index (κ1) is 27.3. The lowest BCUT2D eigenvalue weighted by Crippen LogP contribution is -2.50. The molecule has 194 valence electrons. The van der Waals surface area contributed by atoms with Crippen molar-refractivity contribution in [2.75, 3.05) is 20.2 Å². The summed E-state index contributed by atoms with van der Waals surface area (Å²) in [4.78, 5) is 32.6. The summed E-state index contributed by atoms with van der Waals surface area (Å²) in [7, 11) is 1.61. The van der Waals surface area contributed by atoms with Gasteiger partial charge < -0.3 is 26.8 Å². The van der Waals surface area contributed by atoms with Crippen molar-refractivity contribution in [3.05, 3.63) is 102 Å².